The van der Waals surface area contributed by atoms with Crippen LogP contribution in [-0.4, -0.2) is 18.3 Å². The summed E-state index contributed by atoms with van der Waals surface area (Å²) in [5.74, 6) is 0.734. The number of aliphatic hydroxyl groups is 1. The van der Waals surface area contributed by atoms with Crippen molar-refractivity contribution in [3.63, 3.8) is 0 Å². The topological polar surface area (TPSA) is 53.2 Å². The van der Waals surface area contributed by atoms with Gasteiger partial charge in [-0.3, -0.25) is 0 Å². The number of aliphatic hydroxyl groups excluding tert-OH is 1. The van der Waals surface area contributed by atoms with Gasteiger partial charge in [0.05, 0.1) is 18.2 Å². The van der Waals surface area contributed by atoms with E-state index in [0.717, 1.165) is 25.0 Å². The molecular weight excluding hydrogens is 190 g/mol. The van der Waals surface area contributed by atoms with Crippen LogP contribution in [-0.2, 0) is 0 Å². The first-order valence-electron chi connectivity index (χ1n) is 5.10. The molecule has 0 radical (unpaired) electrons. The van der Waals surface area contributed by atoms with E-state index >= 15 is 0 Å². The molecule has 1 N–H and O–H groups in total. The highest BCUT2D eigenvalue weighted by atomic mass is 16.5. The molecule has 0 aliphatic rings. The maximum absolute atomic E-state index is 8.67. The van der Waals surface area contributed by atoms with E-state index in [0.29, 0.717) is 12.2 Å². The van der Waals surface area contributed by atoms with Crippen molar-refractivity contribution in [2.45, 2.75) is 19.3 Å². The van der Waals surface area contributed by atoms with Crippen LogP contribution in [0.3, 0.4) is 0 Å². The average molecular weight is 205 g/mol. The molecule has 0 atom stereocenters. The molecule has 1 rings (SSSR count). The van der Waals surface area contributed by atoms with Crippen molar-refractivity contribution in [2.24, 2.45) is 0 Å². The van der Waals surface area contributed by atoms with Crippen LogP contribution in [0.2, 0.25) is 0 Å². The Morgan fingerprint density at radius 3 is 2.87 bits per heavy atom. The Hall–Kier alpha value is -1.53. The van der Waals surface area contributed by atoms with Crippen LogP contribution in [0, 0.1) is 11.3 Å². The molecule has 1 aromatic rings. The summed E-state index contributed by atoms with van der Waals surface area (Å²) >= 11 is 0. The van der Waals surface area contributed by atoms with Gasteiger partial charge in [0.25, 0.3) is 0 Å². The minimum absolute atomic E-state index is 0.240. The highest BCUT2D eigenvalue weighted by Gasteiger charge is 1.95. The summed E-state index contributed by atoms with van der Waals surface area (Å²) in [4.78, 5) is 0. The summed E-state index contributed by atoms with van der Waals surface area (Å²) in [5, 5.41) is 17.2. The largest absolute Gasteiger partial charge is 0.494 e. The van der Waals surface area contributed by atoms with Gasteiger partial charge in [-0.05, 0) is 37.5 Å². The Bertz CT molecular complexity index is 331. The van der Waals surface area contributed by atoms with Crippen molar-refractivity contribution >= 4 is 0 Å². The molecular formula is C12H15NO2. The summed E-state index contributed by atoms with van der Waals surface area (Å²) in [7, 11) is 0. The minimum Gasteiger partial charge on any atom is -0.494 e. The lowest BCUT2D eigenvalue weighted by Gasteiger charge is -2.05. The van der Waals surface area contributed by atoms with E-state index in [1.807, 2.05) is 12.1 Å². The number of nitriles is 1. The van der Waals surface area contributed by atoms with Crippen LogP contribution >= 0.6 is 0 Å². The van der Waals surface area contributed by atoms with E-state index in [9.17, 15) is 0 Å². The van der Waals surface area contributed by atoms with E-state index in [-0.39, 0.29) is 6.61 Å². The van der Waals surface area contributed by atoms with Gasteiger partial charge in [0, 0.05) is 6.61 Å². The van der Waals surface area contributed by atoms with E-state index < -0.39 is 0 Å². The van der Waals surface area contributed by atoms with Crippen molar-refractivity contribution < 1.29 is 9.84 Å². The Balaban J connectivity index is 2.28. The van der Waals surface area contributed by atoms with Gasteiger partial charge in [-0.15, -0.1) is 0 Å². The van der Waals surface area contributed by atoms with Crippen LogP contribution < -0.4 is 4.74 Å². The second-order valence-electron chi connectivity index (χ2n) is 3.27. The molecule has 0 spiro atoms. The molecule has 0 amide bonds. The fourth-order valence-electron chi connectivity index (χ4n) is 1.24. The molecule has 0 unspecified atom stereocenters. The van der Waals surface area contributed by atoms with Crippen LogP contribution in [0.4, 0.5) is 0 Å². The average Bonchev–Trinajstić information content (AvgIpc) is 2.29. The first-order chi connectivity index (χ1) is 7.36. The molecule has 0 heterocycles. The maximum Gasteiger partial charge on any atom is 0.120 e. The molecule has 3 heteroatoms. The van der Waals surface area contributed by atoms with Gasteiger partial charge in [-0.2, -0.15) is 5.26 Å². The smallest absolute Gasteiger partial charge is 0.120 e. The highest BCUT2D eigenvalue weighted by molar-refractivity contribution is 5.36. The molecule has 0 aliphatic heterocycles. The van der Waals surface area contributed by atoms with E-state index in [4.69, 9.17) is 15.1 Å². The molecule has 3 nitrogen and oxygen atoms in total. The second kappa shape index (κ2) is 6.86. The lowest BCUT2D eigenvalue weighted by molar-refractivity contribution is 0.266. The predicted octanol–water partition coefficient (Wildman–Crippen LogP) is 2.10. The van der Waals surface area contributed by atoms with Crippen LogP contribution in [0.15, 0.2) is 24.3 Å². The van der Waals surface area contributed by atoms with Gasteiger partial charge in [0.1, 0.15) is 5.75 Å². The third-order valence-electron chi connectivity index (χ3n) is 2.03. The van der Waals surface area contributed by atoms with Gasteiger partial charge < -0.3 is 9.84 Å². The van der Waals surface area contributed by atoms with Crippen LogP contribution in [0.5, 0.6) is 5.75 Å². The summed E-state index contributed by atoms with van der Waals surface area (Å²) in [5.41, 5.74) is 0.614. The Morgan fingerprint density at radius 2 is 2.13 bits per heavy atom. The standard InChI is InChI=1S/C12H15NO2/c13-10-11-5-4-6-12(9-11)15-8-3-1-2-7-14/h4-6,9,14H,1-3,7-8H2. The van der Waals surface area contributed by atoms with Crippen molar-refractivity contribution in [3.8, 4) is 11.8 Å². The van der Waals surface area contributed by atoms with Gasteiger partial charge in [0.15, 0.2) is 0 Å². The molecule has 0 aromatic heterocycles. The SMILES string of the molecule is N#Cc1cccc(OCCCCCO)c1. The predicted molar refractivity (Wildman–Crippen MR) is 57.6 cm³/mol. The lowest BCUT2D eigenvalue weighted by Crippen LogP contribution is -1.98. The monoisotopic (exact) mass is 205 g/mol. The minimum atomic E-state index is 0.240. The van der Waals surface area contributed by atoms with Crippen LogP contribution in [0.1, 0.15) is 24.8 Å². The van der Waals surface area contributed by atoms with Crippen molar-refractivity contribution in [3.05, 3.63) is 29.8 Å². The second-order valence-corrected chi connectivity index (χ2v) is 3.27. The van der Waals surface area contributed by atoms with Gasteiger partial charge >= 0.3 is 0 Å². The van der Waals surface area contributed by atoms with Gasteiger partial charge in [-0.1, -0.05) is 6.07 Å². The molecule has 0 saturated heterocycles. The van der Waals surface area contributed by atoms with E-state index in [1.165, 1.54) is 0 Å². The summed E-state index contributed by atoms with van der Waals surface area (Å²) < 4.78 is 5.46. The number of benzene rings is 1. The number of hydrogen-bond acceptors (Lipinski definition) is 3. The zero-order valence-electron chi connectivity index (χ0n) is 8.65. The van der Waals surface area contributed by atoms with Crippen LogP contribution in [0.25, 0.3) is 0 Å². The van der Waals surface area contributed by atoms with Crippen molar-refractivity contribution in [1.82, 2.24) is 0 Å². The van der Waals surface area contributed by atoms with E-state index in [1.54, 1.807) is 12.1 Å². The maximum atomic E-state index is 8.67. The third-order valence-corrected chi connectivity index (χ3v) is 2.03. The molecule has 0 saturated carbocycles. The molecule has 15 heavy (non-hydrogen) atoms. The molecule has 1 aromatic carbocycles. The molecule has 0 aliphatic carbocycles. The Morgan fingerprint density at radius 1 is 1.27 bits per heavy atom. The zero-order chi connectivity index (χ0) is 10.9. The fourth-order valence-corrected chi connectivity index (χ4v) is 1.24. The normalized spacial score (nSPS) is 9.60. The number of nitrogens with zero attached hydrogens (tertiary/aromatic N) is 1. The third kappa shape index (κ3) is 4.48. The molecule has 0 fully saturated rings. The summed E-state index contributed by atoms with van der Waals surface area (Å²) in [6, 6.07) is 9.19. The Labute approximate surface area is 89.9 Å². The first kappa shape index (κ1) is 11.5. The number of ether oxygens (including phenoxy) is 1. The summed E-state index contributed by atoms with van der Waals surface area (Å²) in [6.45, 7) is 0.874. The Kier molecular flexibility index (Phi) is 5.28. The van der Waals surface area contributed by atoms with Gasteiger partial charge in [0.2, 0.25) is 0 Å². The quantitative estimate of drug-likeness (QED) is 0.723. The number of hydrogen-bond donors (Lipinski definition) is 1. The number of rotatable bonds is 6. The van der Waals surface area contributed by atoms with Crippen molar-refractivity contribution in [2.75, 3.05) is 13.2 Å². The lowest BCUT2D eigenvalue weighted by atomic mass is 10.2. The van der Waals surface area contributed by atoms with E-state index in [2.05, 4.69) is 6.07 Å². The van der Waals surface area contributed by atoms with Gasteiger partial charge in [-0.25, -0.2) is 0 Å². The molecule has 80 valence electrons. The zero-order valence-corrected chi connectivity index (χ0v) is 8.65. The first-order valence-corrected chi connectivity index (χ1v) is 5.10. The summed E-state index contributed by atoms with van der Waals surface area (Å²) in [6.07, 6.45) is 2.72. The highest BCUT2D eigenvalue weighted by Crippen LogP contribution is 2.12. The molecule has 0 bridgehead atoms. The fraction of sp³-hybridized carbons (Fsp3) is 0.417. The number of unbranched alkanes of at least 4 members (excludes halogenated alkanes) is 2. The van der Waals surface area contributed by atoms with Crippen molar-refractivity contribution in [1.29, 1.82) is 5.26 Å².